The van der Waals surface area contributed by atoms with Crippen molar-refractivity contribution >= 4 is 11.0 Å². The number of rotatable bonds is 4. The van der Waals surface area contributed by atoms with E-state index in [2.05, 4.69) is 58.7 Å². The van der Waals surface area contributed by atoms with Gasteiger partial charge < -0.3 is 4.57 Å². The summed E-state index contributed by atoms with van der Waals surface area (Å²) in [6, 6.07) is 38.7. The molecule has 0 N–H and O–H groups in total. The summed E-state index contributed by atoms with van der Waals surface area (Å²) in [6.45, 7) is 0. The average molecular weight is 726 g/mol. The van der Waals surface area contributed by atoms with Gasteiger partial charge in [-0.15, -0.1) is 35.9 Å². The third-order valence-electron chi connectivity index (χ3n) is 7.80. The maximum absolute atomic E-state index is 8.93. The van der Waals surface area contributed by atoms with Gasteiger partial charge in [0, 0.05) is 38.9 Å². The van der Waals surface area contributed by atoms with Crippen LogP contribution in [0.4, 0.5) is 0 Å². The van der Waals surface area contributed by atoms with Gasteiger partial charge in [-0.25, -0.2) is 0 Å². The van der Waals surface area contributed by atoms with Crippen LogP contribution in [0.25, 0.3) is 39.2 Å². The summed E-state index contributed by atoms with van der Waals surface area (Å²) in [6.07, 6.45) is 10.9. The van der Waals surface area contributed by atoms with Crippen LogP contribution >= 0.6 is 0 Å². The second kappa shape index (κ2) is 13.6. The van der Waals surface area contributed by atoms with Crippen molar-refractivity contribution in [3.05, 3.63) is 127 Å². The van der Waals surface area contributed by atoms with Crippen LogP contribution in [-0.4, -0.2) is 19.3 Å². The summed E-state index contributed by atoms with van der Waals surface area (Å²) >= 11 is 0. The topological polar surface area (TPSA) is 59.4 Å². The molecule has 4 aromatic carbocycles. The molecule has 2 aromatic heterocycles. The summed E-state index contributed by atoms with van der Waals surface area (Å²) in [5.74, 6) is 1.59. The van der Waals surface area contributed by atoms with Crippen LogP contribution in [0, 0.1) is 23.5 Å². The molecule has 0 aliphatic heterocycles. The molecular formula is C36H31IrN5-2. The van der Waals surface area contributed by atoms with E-state index in [9.17, 15) is 0 Å². The molecule has 0 bridgehead atoms. The standard InChI is InChI=1S/C21H21N2.C15H10N3.Ir/c1-3-7-17(8-4-1)18-11-13-19(14-12-18)20-15-22-23(16-20)21-9-5-2-6-10-21;1-18-14-8-3-2-7-13(14)17-15(18)12-6-4-5-11(9-12)10-16;/h2,5-6,9,11-17H,1,3-4,7-8H2;2-5,7-9H,1H3;/q2*-1;. The van der Waals surface area contributed by atoms with Crippen LogP contribution in [0.5, 0.6) is 0 Å². The zero-order valence-corrected chi connectivity index (χ0v) is 25.9. The number of hydrogen-bond acceptors (Lipinski definition) is 3. The number of para-hydroxylation sites is 3. The van der Waals surface area contributed by atoms with Gasteiger partial charge in [-0.3, -0.25) is 9.67 Å². The molecule has 1 aliphatic rings. The van der Waals surface area contributed by atoms with Crippen LogP contribution in [-0.2, 0) is 27.2 Å². The molecule has 1 fully saturated rings. The van der Waals surface area contributed by atoms with Gasteiger partial charge in [-0.1, -0.05) is 55.7 Å². The zero-order chi connectivity index (χ0) is 28.0. The van der Waals surface area contributed by atoms with Crippen LogP contribution < -0.4 is 0 Å². The van der Waals surface area contributed by atoms with Crippen molar-refractivity contribution in [1.29, 1.82) is 5.26 Å². The van der Waals surface area contributed by atoms with Gasteiger partial charge >= 0.3 is 0 Å². The van der Waals surface area contributed by atoms with E-state index in [0.29, 0.717) is 5.56 Å². The van der Waals surface area contributed by atoms with Crippen molar-refractivity contribution < 1.29 is 20.1 Å². The Hall–Kier alpha value is -4.30. The summed E-state index contributed by atoms with van der Waals surface area (Å²) in [7, 11) is 1.97. The zero-order valence-electron chi connectivity index (χ0n) is 23.5. The van der Waals surface area contributed by atoms with E-state index in [0.717, 1.165) is 39.6 Å². The number of nitrogens with zero attached hydrogens (tertiary/aromatic N) is 5. The maximum atomic E-state index is 8.93. The fourth-order valence-electron chi connectivity index (χ4n) is 5.57. The first-order valence-electron chi connectivity index (χ1n) is 14.2. The van der Waals surface area contributed by atoms with E-state index in [1.54, 1.807) is 18.2 Å². The molecule has 0 atom stereocenters. The molecule has 0 unspecified atom stereocenters. The number of fused-ring (bicyclic) bond motifs is 1. The Morgan fingerprint density at radius 3 is 2.38 bits per heavy atom. The van der Waals surface area contributed by atoms with Crippen molar-refractivity contribution in [3.8, 4) is 34.3 Å². The smallest absolute Gasteiger partial charge is 0.0789 e. The predicted octanol–water partition coefficient (Wildman–Crippen LogP) is 8.30. The molecule has 5 nitrogen and oxygen atoms in total. The average Bonchev–Trinajstić information content (AvgIpc) is 3.68. The molecule has 7 rings (SSSR count). The van der Waals surface area contributed by atoms with Gasteiger partial charge in [0.25, 0.3) is 0 Å². The van der Waals surface area contributed by atoms with E-state index in [4.69, 9.17) is 5.26 Å². The number of nitriles is 1. The summed E-state index contributed by atoms with van der Waals surface area (Å²) in [5, 5.41) is 13.4. The number of aromatic nitrogens is 4. The summed E-state index contributed by atoms with van der Waals surface area (Å²) in [4.78, 5) is 4.58. The number of benzene rings is 4. The Labute approximate surface area is 260 Å². The Kier molecular flexibility index (Phi) is 9.44. The fourth-order valence-corrected chi connectivity index (χ4v) is 5.57. The van der Waals surface area contributed by atoms with E-state index >= 15 is 0 Å². The molecule has 6 aromatic rings. The van der Waals surface area contributed by atoms with Crippen molar-refractivity contribution in [1.82, 2.24) is 19.3 Å². The first-order chi connectivity index (χ1) is 20.2. The van der Waals surface area contributed by atoms with Crippen molar-refractivity contribution in [3.63, 3.8) is 0 Å². The Morgan fingerprint density at radius 2 is 1.64 bits per heavy atom. The van der Waals surface area contributed by atoms with Crippen LogP contribution in [0.3, 0.4) is 0 Å². The van der Waals surface area contributed by atoms with Gasteiger partial charge in [0.05, 0.1) is 29.1 Å². The van der Waals surface area contributed by atoms with Crippen LogP contribution in [0.1, 0.15) is 49.1 Å². The number of hydrogen-bond donors (Lipinski definition) is 0. The van der Waals surface area contributed by atoms with Gasteiger partial charge in [-0.05, 0) is 53.3 Å². The molecule has 0 amide bonds. The van der Waals surface area contributed by atoms with Crippen molar-refractivity contribution in [2.45, 2.75) is 38.0 Å². The van der Waals surface area contributed by atoms with Crippen molar-refractivity contribution in [2.24, 2.45) is 7.05 Å². The molecule has 6 heteroatoms. The van der Waals surface area contributed by atoms with E-state index < -0.39 is 0 Å². The largest absolute Gasteiger partial charge is 0.367 e. The Bertz CT molecular complexity index is 1790. The van der Waals surface area contributed by atoms with Gasteiger partial charge in [-0.2, -0.15) is 34.6 Å². The van der Waals surface area contributed by atoms with Gasteiger partial charge in [0.1, 0.15) is 0 Å². The summed E-state index contributed by atoms with van der Waals surface area (Å²) < 4.78 is 3.90. The van der Waals surface area contributed by atoms with Gasteiger partial charge in [0.15, 0.2) is 0 Å². The number of imidazole rings is 1. The third kappa shape index (κ3) is 6.44. The Balaban J connectivity index is 0.000000169. The SMILES string of the molecule is Cn1c(-c2[c-]ccc(C#N)c2)nc2ccccc21.[Ir].[c-]1ccccc1-n1cc(-c2ccc(C3CCCCC3)cc2)cn1. The molecule has 1 aliphatic carbocycles. The van der Waals surface area contributed by atoms with Crippen molar-refractivity contribution in [2.75, 3.05) is 0 Å². The molecule has 1 saturated carbocycles. The predicted molar refractivity (Wildman–Crippen MR) is 163 cm³/mol. The quantitative estimate of drug-likeness (QED) is 0.172. The minimum Gasteiger partial charge on any atom is -0.367 e. The summed E-state index contributed by atoms with van der Waals surface area (Å²) in [5.41, 5.74) is 8.33. The molecule has 1 radical (unpaired) electrons. The number of aryl methyl sites for hydroxylation is 1. The second-order valence-electron chi connectivity index (χ2n) is 10.5. The van der Waals surface area contributed by atoms with E-state index in [1.165, 1.54) is 43.2 Å². The first-order valence-corrected chi connectivity index (χ1v) is 14.2. The monoisotopic (exact) mass is 726 g/mol. The van der Waals surface area contributed by atoms with Gasteiger partial charge in [0.2, 0.25) is 0 Å². The Morgan fingerprint density at radius 1 is 0.857 bits per heavy atom. The third-order valence-corrected chi connectivity index (χ3v) is 7.80. The first kappa shape index (κ1) is 29.2. The minimum absolute atomic E-state index is 0. The van der Waals surface area contributed by atoms with Crippen LogP contribution in [0.15, 0.2) is 103 Å². The van der Waals surface area contributed by atoms with E-state index in [1.807, 2.05) is 71.0 Å². The molecular weight excluding hydrogens is 695 g/mol. The maximum Gasteiger partial charge on any atom is 0.0789 e. The molecule has 2 heterocycles. The molecule has 0 saturated heterocycles. The minimum atomic E-state index is 0. The molecule has 211 valence electrons. The normalized spacial score (nSPS) is 13.0. The van der Waals surface area contributed by atoms with E-state index in [-0.39, 0.29) is 20.1 Å². The molecule has 42 heavy (non-hydrogen) atoms. The molecule has 0 spiro atoms. The fraction of sp³-hybridized carbons (Fsp3) is 0.194. The van der Waals surface area contributed by atoms with Crippen LogP contribution in [0.2, 0.25) is 0 Å². The second-order valence-corrected chi connectivity index (χ2v) is 10.5.